The van der Waals surface area contributed by atoms with Gasteiger partial charge in [-0.2, -0.15) is 0 Å². The second-order valence-electron chi connectivity index (χ2n) is 21.1. The predicted octanol–water partition coefficient (Wildman–Crippen LogP) is 9.56. The first-order valence-corrected chi connectivity index (χ1v) is 24.8. The Kier molecular flexibility index (Phi) is 11.4. The van der Waals surface area contributed by atoms with Gasteiger partial charge < -0.3 is 20.1 Å². The minimum atomic E-state index is -2.87. The Bertz CT molecular complexity index is 1930. The summed E-state index contributed by atoms with van der Waals surface area (Å²) in [5.41, 5.74) is 4.08. The standard InChI is InChI=1S/C48H70ClN3O5S/c1-32(2)34-15-20-48(51-25-26-52-27-30-58(55,56)31-28-52)22-21-45(5)36-11-12-40-44(3,4)35(16-17-46(40,6)37(36)9-10-38(45)41(34)48)33-13-18-47(19-14-33,43(53)54)23-29-57-42-39(49)8-7-24-50-42/h7-8,13,16,24,34,36-38,40-41,51H,1,9-12,14-15,17-23,25-31H2,2-6H3,(H,53,54)/t34-,36?,37-,38+,40-,41+,45-,46+,47?,48-/m0/s1. The lowest BCUT2D eigenvalue weighted by atomic mass is 9.37. The molecule has 0 spiro atoms. The zero-order chi connectivity index (χ0) is 41.3. The first-order valence-electron chi connectivity index (χ1n) is 22.6. The van der Waals surface area contributed by atoms with Crippen LogP contribution in [-0.4, -0.2) is 79.2 Å². The molecule has 6 aliphatic carbocycles. The average molecular weight is 837 g/mol. The highest BCUT2D eigenvalue weighted by atomic mass is 35.5. The van der Waals surface area contributed by atoms with Gasteiger partial charge in [-0.3, -0.25) is 4.79 Å². The van der Waals surface area contributed by atoms with E-state index in [9.17, 15) is 18.3 Å². The molecule has 7 aliphatic rings. The number of pyridine rings is 1. The minimum Gasteiger partial charge on any atom is -0.481 e. The summed E-state index contributed by atoms with van der Waals surface area (Å²) >= 11 is 6.25. The third-order valence-corrected chi connectivity index (χ3v) is 20.0. The first-order chi connectivity index (χ1) is 27.4. The van der Waals surface area contributed by atoms with Crippen LogP contribution in [-0.2, 0) is 14.6 Å². The quantitative estimate of drug-likeness (QED) is 0.212. The molecule has 0 radical (unpaired) electrons. The molecule has 4 saturated carbocycles. The zero-order valence-electron chi connectivity index (χ0n) is 36.0. The van der Waals surface area contributed by atoms with E-state index in [-0.39, 0.29) is 23.0 Å². The Hall–Kier alpha value is -2.20. The lowest BCUT2D eigenvalue weighted by Gasteiger charge is -2.68. The van der Waals surface area contributed by atoms with Crippen molar-refractivity contribution in [2.24, 2.45) is 57.2 Å². The van der Waals surface area contributed by atoms with Gasteiger partial charge in [0.2, 0.25) is 5.88 Å². The number of allylic oxidation sites excluding steroid dienone is 5. The summed E-state index contributed by atoms with van der Waals surface area (Å²) in [5.74, 6) is 4.09. The lowest BCUT2D eigenvalue weighted by Crippen LogP contribution is -2.65. The van der Waals surface area contributed by atoms with Crippen LogP contribution in [0.2, 0.25) is 5.02 Å². The van der Waals surface area contributed by atoms with Gasteiger partial charge in [-0.15, -0.1) is 0 Å². The molecule has 8 rings (SSSR count). The fraction of sp³-hybridized carbons (Fsp3) is 0.750. The number of carbonyl (C=O) groups is 1. The van der Waals surface area contributed by atoms with Crippen molar-refractivity contribution < 1.29 is 23.1 Å². The number of carboxylic acid groups (broad SMARTS) is 1. The molecule has 10 atom stereocenters. The molecular weight excluding hydrogens is 766 g/mol. The van der Waals surface area contributed by atoms with Gasteiger partial charge in [0.05, 0.1) is 23.5 Å². The molecule has 1 aliphatic heterocycles. The Morgan fingerprint density at radius 2 is 1.71 bits per heavy atom. The van der Waals surface area contributed by atoms with Crippen LogP contribution < -0.4 is 10.1 Å². The number of ether oxygens (including phenoxy) is 1. The van der Waals surface area contributed by atoms with Gasteiger partial charge in [-0.05, 0) is 165 Å². The van der Waals surface area contributed by atoms with Crippen LogP contribution >= 0.6 is 11.6 Å². The fourth-order valence-corrected chi connectivity index (χ4v) is 16.5. The fourth-order valence-electron chi connectivity index (χ4n) is 15.0. The maximum Gasteiger partial charge on any atom is 0.310 e. The summed E-state index contributed by atoms with van der Waals surface area (Å²) in [6.45, 7) is 20.7. The Labute approximate surface area is 354 Å². The molecule has 1 saturated heterocycles. The van der Waals surface area contributed by atoms with Gasteiger partial charge in [-0.1, -0.05) is 63.6 Å². The van der Waals surface area contributed by atoms with Gasteiger partial charge in [0, 0.05) is 37.9 Å². The molecule has 2 unspecified atom stereocenters. The minimum absolute atomic E-state index is 0.0182. The SMILES string of the molecule is C=C(C)[C@@H]1CC[C@]2(NCCN3CCS(=O)(=O)CC3)CC[C@@]3(C)C4CC[C@H]5C(C)(C)C(C6=CCC(CCOc7ncccc7Cl)(C(=O)O)CC6)=CC[C@]5(C)[C@H]4CC[C@@H]3[C@@H]12. The van der Waals surface area contributed by atoms with Crippen molar-refractivity contribution in [3.8, 4) is 5.88 Å². The number of nitrogens with one attached hydrogen (secondary N) is 1. The highest BCUT2D eigenvalue weighted by Gasteiger charge is 2.66. The van der Waals surface area contributed by atoms with Crippen molar-refractivity contribution in [3.05, 3.63) is 58.8 Å². The van der Waals surface area contributed by atoms with E-state index in [0.717, 1.165) is 31.8 Å². The second-order valence-corrected chi connectivity index (χ2v) is 23.8. The molecule has 0 amide bonds. The number of carboxylic acids is 1. The molecule has 1 aromatic rings. The number of halogens is 1. The van der Waals surface area contributed by atoms with Gasteiger partial charge in [0.15, 0.2) is 9.84 Å². The topological polar surface area (TPSA) is 109 Å². The van der Waals surface area contributed by atoms with E-state index >= 15 is 0 Å². The summed E-state index contributed by atoms with van der Waals surface area (Å²) in [5, 5.41) is 15.1. The van der Waals surface area contributed by atoms with E-state index in [1.807, 2.05) is 0 Å². The largest absolute Gasteiger partial charge is 0.481 e. The van der Waals surface area contributed by atoms with E-state index in [1.54, 1.807) is 18.3 Å². The summed E-state index contributed by atoms with van der Waals surface area (Å²) in [6.07, 6.45) is 20.1. The number of hydrogen-bond donors (Lipinski definition) is 2. The second kappa shape index (κ2) is 15.6. The van der Waals surface area contributed by atoms with Gasteiger partial charge in [-0.25, -0.2) is 13.4 Å². The van der Waals surface area contributed by atoms with Gasteiger partial charge in [0.25, 0.3) is 0 Å². The van der Waals surface area contributed by atoms with Crippen LogP contribution in [0.1, 0.15) is 118 Å². The Morgan fingerprint density at radius 1 is 0.983 bits per heavy atom. The van der Waals surface area contributed by atoms with E-state index in [0.29, 0.717) is 89.8 Å². The molecule has 10 heteroatoms. The van der Waals surface area contributed by atoms with Crippen molar-refractivity contribution in [2.45, 2.75) is 124 Å². The summed E-state index contributed by atoms with van der Waals surface area (Å²) in [6, 6.07) is 3.50. The number of sulfone groups is 1. The van der Waals surface area contributed by atoms with Crippen molar-refractivity contribution >= 4 is 27.4 Å². The predicted molar refractivity (Wildman–Crippen MR) is 233 cm³/mol. The molecular formula is C48H70ClN3O5S. The van der Waals surface area contributed by atoms with Crippen LogP contribution in [0.15, 0.2) is 53.8 Å². The Balaban J connectivity index is 0.972. The summed E-state index contributed by atoms with van der Waals surface area (Å²) in [7, 11) is -2.87. The van der Waals surface area contributed by atoms with Crippen LogP contribution in [0, 0.1) is 57.2 Å². The smallest absolute Gasteiger partial charge is 0.310 e. The van der Waals surface area contributed by atoms with Crippen molar-refractivity contribution in [3.63, 3.8) is 0 Å². The molecule has 58 heavy (non-hydrogen) atoms. The molecule has 320 valence electrons. The monoisotopic (exact) mass is 835 g/mol. The van der Waals surface area contributed by atoms with Crippen molar-refractivity contribution in [2.75, 3.05) is 44.3 Å². The Morgan fingerprint density at radius 3 is 2.40 bits per heavy atom. The highest BCUT2D eigenvalue weighted by molar-refractivity contribution is 7.91. The van der Waals surface area contributed by atoms with E-state index < -0.39 is 21.2 Å². The number of fused-ring (bicyclic) bond motifs is 7. The molecule has 5 fully saturated rings. The van der Waals surface area contributed by atoms with Crippen LogP contribution in [0.25, 0.3) is 0 Å². The molecule has 2 N–H and O–H groups in total. The number of aromatic nitrogens is 1. The molecule has 8 nitrogen and oxygen atoms in total. The third kappa shape index (κ3) is 7.25. The summed E-state index contributed by atoms with van der Waals surface area (Å²) < 4.78 is 30.0. The van der Waals surface area contributed by atoms with Crippen molar-refractivity contribution in [1.82, 2.24) is 15.2 Å². The maximum absolute atomic E-state index is 12.8. The average Bonchev–Trinajstić information content (AvgIpc) is 3.56. The highest BCUT2D eigenvalue weighted by Crippen LogP contribution is 2.72. The lowest BCUT2D eigenvalue weighted by molar-refractivity contribution is -0.170. The normalized spacial score (nSPS) is 40.5. The number of aliphatic carboxylic acids is 1. The van der Waals surface area contributed by atoms with E-state index in [2.05, 4.69) is 68.6 Å². The van der Waals surface area contributed by atoms with Crippen LogP contribution in [0.4, 0.5) is 0 Å². The van der Waals surface area contributed by atoms with Gasteiger partial charge in [0.1, 0.15) is 5.02 Å². The maximum atomic E-state index is 12.8. The van der Waals surface area contributed by atoms with Crippen LogP contribution in [0.3, 0.4) is 0 Å². The molecule has 1 aromatic heterocycles. The number of hydrogen-bond acceptors (Lipinski definition) is 7. The first kappa shape index (κ1) is 42.5. The van der Waals surface area contributed by atoms with Crippen molar-refractivity contribution in [1.29, 1.82) is 0 Å². The van der Waals surface area contributed by atoms with E-state index in [1.165, 1.54) is 68.1 Å². The zero-order valence-corrected chi connectivity index (χ0v) is 37.5. The summed E-state index contributed by atoms with van der Waals surface area (Å²) in [4.78, 5) is 19.3. The molecule has 0 bridgehead atoms. The third-order valence-electron chi connectivity index (χ3n) is 18.1. The van der Waals surface area contributed by atoms with Crippen LogP contribution in [0.5, 0.6) is 5.88 Å². The number of rotatable bonds is 11. The molecule has 0 aromatic carbocycles. The van der Waals surface area contributed by atoms with E-state index in [4.69, 9.17) is 16.3 Å². The van der Waals surface area contributed by atoms with Gasteiger partial charge >= 0.3 is 5.97 Å². The molecule has 2 heterocycles. The number of nitrogens with zero attached hydrogens (tertiary/aromatic N) is 2.